The van der Waals surface area contributed by atoms with E-state index in [1.54, 1.807) is 42.5 Å². The van der Waals surface area contributed by atoms with Crippen LogP contribution in [0.5, 0.6) is 28.7 Å². The summed E-state index contributed by atoms with van der Waals surface area (Å²) in [5, 5.41) is 0. The van der Waals surface area contributed by atoms with E-state index in [0.717, 1.165) is 11.8 Å². The Balaban J connectivity index is 1.88. The summed E-state index contributed by atoms with van der Waals surface area (Å²) < 4.78 is 57.2. The van der Waals surface area contributed by atoms with Gasteiger partial charge in [-0.2, -0.15) is 8.42 Å². The first-order valence-electron chi connectivity index (χ1n) is 12.9. The second kappa shape index (κ2) is 13.3. The predicted molar refractivity (Wildman–Crippen MR) is 159 cm³/mol. The van der Waals surface area contributed by atoms with Crippen LogP contribution in [0.1, 0.15) is 22.8 Å². The highest BCUT2D eigenvalue weighted by Gasteiger charge is 2.28. The lowest BCUT2D eigenvalue weighted by atomic mass is 9.92. The molecular formula is C32H30O10S. The topological polar surface area (TPSA) is 124 Å². The van der Waals surface area contributed by atoms with Crippen LogP contribution in [-0.4, -0.2) is 47.9 Å². The average Bonchev–Trinajstić information content (AvgIpc) is 2.98. The van der Waals surface area contributed by atoms with Crippen molar-refractivity contribution >= 4 is 22.1 Å². The average molecular weight is 607 g/mol. The van der Waals surface area contributed by atoms with Crippen molar-refractivity contribution in [3.63, 3.8) is 0 Å². The SMILES string of the molecule is COC(=O)c1c(OC)c(-c2ccc(OCc3ccccc3)c(OS(C)(=O)=O)c2)cc(OC)c1-c1ccc(OC(C)=O)cc1. The number of hydrogen-bond acceptors (Lipinski definition) is 10. The molecule has 0 spiro atoms. The first-order chi connectivity index (χ1) is 20.5. The quantitative estimate of drug-likeness (QED) is 0.120. The number of ether oxygens (including phenoxy) is 5. The summed E-state index contributed by atoms with van der Waals surface area (Å²) in [5.74, 6) is -0.259. The lowest BCUT2D eigenvalue weighted by Crippen LogP contribution is -2.10. The van der Waals surface area contributed by atoms with Crippen molar-refractivity contribution < 1.29 is 45.9 Å². The lowest BCUT2D eigenvalue weighted by molar-refractivity contribution is -0.131. The molecule has 0 N–H and O–H groups in total. The molecule has 0 atom stereocenters. The number of rotatable bonds is 11. The highest BCUT2D eigenvalue weighted by atomic mass is 32.2. The summed E-state index contributed by atoms with van der Waals surface area (Å²) in [6.45, 7) is 1.47. The Hall–Kier alpha value is -5.03. The Morgan fingerprint density at radius 1 is 0.767 bits per heavy atom. The van der Waals surface area contributed by atoms with Gasteiger partial charge in [0.1, 0.15) is 29.4 Å². The van der Waals surface area contributed by atoms with Gasteiger partial charge in [0, 0.05) is 18.1 Å². The van der Waals surface area contributed by atoms with Crippen LogP contribution < -0.4 is 23.1 Å². The molecule has 0 fully saturated rings. The third kappa shape index (κ3) is 7.44. The minimum Gasteiger partial charge on any atom is -0.496 e. The number of methoxy groups -OCH3 is 3. The van der Waals surface area contributed by atoms with Crippen LogP contribution in [-0.2, 0) is 26.3 Å². The van der Waals surface area contributed by atoms with Gasteiger partial charge in [-0.15, -0.1) is 0 Å². The Morgan fingerprint density at radius 3 is 2.02 bits per heavy atom. The van der Waals surface area contributed by atoms with E-state index in [-0.39, 0.29) is 29.4 Å². The Labute approximate surface area is 249 Å². The molecule has 0 saturated heterocycles. The van der Waals surface area contributed by atoms with Crippen molar-refractivity contribution in [2.24, 2.45) is 0 Å². The van der Waals surface area contributed by atoms with E-state index >= 15 is 0 Å². The van der Waals surface area contributed by atoms with E-state index < -0.39 is 22.1 Å². The second-order valence-electron chi connectivity index (χ2n) is 9.24. The highest BCUT2D eigenvalue weighted by Crippen LogP contribution is 2.47. The predicted octanol–water partition coefficient (Wildman–Crippen LogP) is 5.67. The smallest absolute Gasteiger partial charge is 0.342 e. The molecule has 0 saturated carbocycles. The monoisotopic (exact) mass is 606 g/mol. The van der Waals surface area contributed by atoms with Gasteiger partial charge in [0.25, 0.3) is 0 Å². The normalized spacial score (nSPS) is 10.9. The van der Waals surface area contributed by atoms with Gasteiger partial charge in [0.15, 0.2) is 11.5 Å². The lowest BCUT2D eigenvalue weighted by Gasteiger charge is -2.21. The Morgan fingerprint density at radius 2 is 1.44 bits per heavy atom. The fourth-order valence-electron chi connectivity index (χ4n) is 4.43. The van der Waals surface area contributed by atoms with Gasteiger partial charge in [-0.25, -0.2) is 4.79 Å². The summed E-state index contributed by atoms with van der Waals surface area (Å²) in [6.07, 6.45) is 0.932. The van der Waals surface area contributed by atoms with Gasteiger partial charge in [-0.05, 0) is 47.0 Å². The molecule has 0 aliphatic heterocycles. The molecule has 0 aliphatic carbocycles. The van der Waals surface area contributed by atoms with Crippen molar-refractivity contribution in [2.45, 2.75) is 13.5 Å². The minimum absolute atomic E-state index is 0.0540. The number of esters is 2. The second-order valence-corrected chi connectivity index (χ2v) is 10.8. The Kier molecular flexibility index (Phi) is 9.56. The van der Waals surface area contributed by atoms with E-state index in [1.165, 1.54) is 34.3 Å². The van der Waals surface area contributed by atoms with Crippen LogP contribution in [0.25, 0.3) is 22.3 Å². The van der Waals surface area contributed by atoms with Crippen LogP contribution >= 0.6 is 0 Å². The summed E-state index contributed by atoms with van der Waals surface area (Å²) in [5.41, 5.74) is 2.72. The maximum Gasteiger partial charge on any atom is 0.342 e. The summed E-state index contributed by atoms with van der Waals surface area (Å²) in [7, 11) is 0.156. The first kappa shape index (κ1) is 30.9. The van der Waals surface area contributed by atoms with E-state index in [9.17, 15) is 18.0 Å². The van der Waals surface area contributed by atoms with Gasteiger partial charge in [-0.3, -0.25) is 4.79 Å². The molecule has 11 heteroatoms. The zero-order valence-electron chi connectivity index (χ0n) is 24.2. The number of carbonyl (C=O) groups is 2. The van der Waals surface area contributed by atoms with E-state index in [2.05, 4.69) is 0 Å². The summed E-state index contributed by atoms with van der Waals surface area (Å²) in [6, 6.07) is 22.3. The van der Waals surface area contributed by atoms with E-state index in [4.69, 9.17) is 27.9 Å². The first-order valence-corrected chi connectivity index (χ1v) is 14.7. The molecule has 4 rings (SSSR count). The molecule has 0 unspecified atom stereocenters. The van der Waals surface area contributed by atoms with Crippen LogP contribution in [0.4, 0.5) is 0 Å². The minimum atomic E-state index is -3.93. The standard InChI is InChI=1S/C32H30O10S/c1-20(33)41-24-14-11-22(12-15-24)29-28(37-2)18-25(31(38-3)30(29)32(34)39-4)23-13-16-26(27(17-23)42-43(5,35)36)40-19-21-9-7-6-8-10-21/h6-18H,19H2,1-5H3. The molecule has 43 heavy (non-hydrogen) atoms. The van der Waals surface area contributed by atoms with Crippen LogP contribution in [0.15, 0.2) is 78.9 Å². The molecule has 0 aromatic heterocycles. The van der Waals surface area contributed by atoms with Gasteiger partial charge in [0.05, 0.1) is 27.6 Å². The maximum absolute atomic E-state index is 13.2. The van der Waals surface area contributed by atoms with E-state index in [0.29, 0.717) is 33.8 Å². The molecule has 0 heterocycles. The molecule has 10 nitrogen and oxygen atoms in total. The summed E-state index contributed by atoms with van der Waals surface area (Å²) >= 11 is 0. The van der Waals surface area contributed by atoms with Crippen molar-refractivity contribution in [3.05, 3.63) is 90.0 Å². The maximum atomic E-state index is 13.2. The molecule has 0 radical (unpaired) electrons. The third-order valence-electron chi connectivity index (χ3n) is 6.19. The van der Waals surface area contributed by atoms with Crippen LogP contribution in [0, 0.1) is 0 Å². The zero-order chi connectivity index (χ0) is 31.1. The molecule has 0 bridgehead atoms. The Bertz CT molecular complexity index is 1730. The van der Waals surface area contributed by atoms with Gasteiger partial charge in [-0.1, -0.05) is 48.5 Å². The van der Waals surface area contributed by atoms with Crippen molar-refractivity contribution in [1.29, 1.82) is 0 Å². The summed E-state index contributed by atoms with van der Waals surface area (Å²) in [4.78, 5) is 24.6. The van der Waals surface area contributed by atoms with Gasteiger partial charge in [0.2, 0.25) is 0 Å². The van der Waals surface area contributed by atoms with Crippen LogP contribution in [0.3, 0.4) is 0 Å². The van der Waals surface area contributed by atoms with Crippen LogP contribution in [0.2, 0.25) is 0 Å². The van der Waals surface area contributed by atoms with Crippen molar-refractivity contribution in [1.82, 2.24) is 0 Å². The molecule has 4 aromatic carbocycles. The molecule has 224 valence electrons. The number of benzene rings is 4. The molecule has 0 amide bonds. The molecule has 4 aromatic rings. The fourth-order valence-corrected chi connectivity index (χ4v) is 4.88. The largest absolute Gasteiger partial charge is 0.496 e. The third-order valence-corrected chi connectivity index (χ3v) is 6.68. The number of carbonyl (C=O) groups excluding carboxylic acids is 2. The van der Waals surface area contributed by atoms with Gasteiger partial charge < -0.3 is 27.9 Å². The van der Waals surface area contributed by atoms with Crippen molar-refractivity contribution in [2.75, 3.05) is 27.6 Å². The fraction of sp³-hybridized carbons (Fsp3) is 0.188. The van der Waals surface area contributed by atoms with E-state index in [1.807, 2.05) is 30.3 Å². The molecule has 0 aliphatic rings. The van der Waals surface area contributed by atoms with Crippen molar-refractivity contribution in [3.8, 4) is 51.0 Å². The molecular weight excluding hydrogens is 576 g/mol. The number of hydrogen-bond donors (Lipinski definition) is 0. The van der Waals surface area contributed by atoms with Gasteiger partial charge >= 0.3 is 22.1 Å². The highest BCUT2D eigenvalue weighted by molar-refractivity contribution is 7.86. The zero-order valence-corrected chi connectivity index (χ0v) is 25.0.